The summed E-state index contributed by atoms with van der Waals surface area (Å²) in [4.78, 5) is 65.8. The third-order valence-electron chi connectivity index (χ3n) is 8.65. The molecule has 0 radical (unpaired) electrons. The van der Waals surface area contributed by atoms with Crippen LogP contribution in [0.4, 0.5) is 10.8 Å². The number of phenolic OH excluding ortho intramolecular Hbond substituents is 2. The van der Waals surface area contributed by atoms with E-state index in [1.807, 2.05) is 0 Å². The molecule has 2 amide bonds. The number of carbonyl (C=O) groups is 4. The number of thiazole rings is 1. The summed E-state index contributed by atoms with van der Waals surface area (Å²) >= 11 is 8.40. The molecule has 10 N–H and O–H groups in total. The highest BCUT2D eigenvalue weighted by Crippen LogP contribution is 2.42. The Balaban J connectivity index is 1.29. The van der Waals surface area contributed by atoms with Crippen LogP contribution in [0.2, 0.25) is 5.02 Å². The van der Waals surface area contributed by atoms with Gasteiger partial charge in [0, 0.05) is 29.5 Å². The number of aromatic hydroxyl groups is 2. The minimum atomic E-state index is -1.79. The average Bonchev–Trinajstić information content (AvgIpc) is 3.72. The van der Waals surface area contributed by atoms with Gasteiger partial charge >= 0.3 is 11.9 Å². The minimum Gasteiger partial charge on any atom is -0.504 e. The van der Waals surface area contributed by atoms with Crippen LogP contribution >= 0.6 is 34.7 Å². The number of carboxylic acid groups (broad SMARTS) is 2. The summed E-state index contributed by atoms with van der Waals surface area (Å²) < 4.78 is 0.528. The second-order valence-corrected chi connectivity index (χ2v) is 15.0. The number of halogens is 1. The monoisotopic (exact) mass is 766 g/mol. The van der Waals surface area contributed by atoms with Crippen molar-refractivity contribution in [2.24, 2.45) is 15.9 Å². The normalized spacial score (nSPS) is 20.5. The molecule has 21 heteroatoms. The van der Waals surface area contributed by atoms with Crippen LogP contribution in [-0.2, 0) is 24.0 Å². The smallest absolute Gasteiger partial charge is 0.352 e. The number of nitrogen functional groups attached to an aromatic ring is 1. The number of carboxylic acids is 2. The molecule has 0 bridgehead atoms. The number of nitrogens with one attached hydrogen (secondary N) is 2. The van der Waals surface area contributed by atoms with Crippen molar-refractivity contribution in [3.05, 3.63) is 39.5 Å². The predicted octanol–water partition coefficient (Wildman–Crippen LogP) is 1.15. The number of carbonyl (C=O) groups excluding carboxylic acids is 2. The van der Waals surface area contributed by atoms with Gasteiger partial charge in [-0.1, -0.05) is 16.8 Å². The summed E-state index contributed by atoms with van der Waals surface area (Å²) in [5.74, 6) is -4.67. The average molecular weight is 767 g/mol. The zero-order valence-corrected chi connectivity index (χ0v) is 29.8. The number of benzene rings is 1. The topological polar surface area (TPSA) is 275 Å². The minimum absolute atomic E-state index is 0.00877. The zero-order valence-electron chi connectivity index (χ0n) is 27.5. The number of nitrogens with two attached hydrogens (primary N) is 2. The van der Waals surface area contributed by atoms with Crippen LogP contribution < -0.4 is 22.1 Å². The fourth-order valence-electron chi connectivity index (χ4n) is 5.90. The molecule has 18 nitrogen and oxygen atoms in total. The number of anilines is 2. The molecular weight excluding hydrogens is 730 g/mol. The van der Waals surface area contributed by atoms with Crippen LogP contribution in [-0.4, -0.2) is 126 Å². The van der Waals surface area contributed by atoms with Crippen LogP contribution in [0.25, 0.3) is 0 Å². The Labute approximate surface area is 304 Å². The van der Waals surface area contributed by atoms with Crippen molar-refractivity contribution < 1.29 is 48.9 Å². The van der Waals surface area contributed by atoms with E-state index in [4.69, 9.17) is 27.9 Å². The SMILES string of the molecule is CC(C)(O/N=C(\C(=O)N[C@@H]1C(=O)N2C(C(=O)O)=C(C[N+]3(CCN=C(N)Nc4ccc(O)c(O)c4Cl)CCCC3)CS[C@H]12)c1csc(N)n1)C(=O)O. The third-order valence-corrected chi connectivity index (χ3v) is 11.0. The number of fused-ring (bicyclic) bond motifs is 1. The molecule has 0 aliphatic carbocycles. The summed E-state index contributed by atoms with van der Waals surface area (Å²) in [5, 5.41) is 49.0. The highest BCUT2D eigenvalue weighted by Gasteiger charge is 2.55. The molecule has 0 spiro atoms. The Kier molecular flexibility index (Phi) is 10.9. The maximum Gasteiger partial charge on any atom is 0.352 e. The lowest BCUT2D eigenvalue weighted by Gasteiger charge is -2.50. The number of nitrogens with zero attached hydrogens (tertiary/aromatic N) is 5. The highest BCUT2D eigenvalue weighted by molar-refractivity contribution is 8.00. The van der Waals surface area contributed by atoms with E-state index >= 15 is 0 Å². The summed E-state index contributed by atoms with van der Waals surface area (Å²) in [6.07, 6.45) is 1.84. The fraction of sp³-hybridized carbons (Fsp3) is 0.433. The number of oxime groups is 1. The molecule has 274 valence electrons. The first-order valence-corrected chi connectivity index (χ1v) is 17.9. The van der Waals surface area contributed by atoms with Crippen molar-refractivity contribution in [1.82, 2.24) is 15.2 Å². The number of amides is 2. The molecule has 1 aromatic heterocycles. The molecular formula is C30H37ClN9O9S2+. The number of guanidine groups is 1. The lowest BCUT2D eigenvalue weighted by atomic mass is 10.0. The van der Waals surface area contributed by atoms with Crippen LogP contribution in [0.15, 0.2) is 38.9 Å². The molecule has 1 aromatic carbocycles. The number of hydrogen-bond donors (Lipinski definition) is 8. The number of quaternary nitrogens is 1. The van der Waals surface area contributed by atoms with E-state index in [0.29, 0.717) is 23.1 Å². The second kappa shape index (κ2) is 14.8. The molecule has 51 heavy (non-hydrogen) atoms. The molecule has 2 aromatic rings. The number of aromatic nitrogens is 1. The van der Waals surface area contributed by atoms with Gasteiger partial charge in [0.15, 0.2) is 28.3 Å². The molecule has 0 saturated carbocycles. The van der Waals surface area contributed by atoms with Crippen LogP contribution in [0.5, 0.6) is 11.5 Å². The lowest BCUT2D eigenvalue weighted by molar-refractivity contribution is -0.910. The van der Waals surface area contributed by atoms with Crippen molar-refractivity contribution in [1.29, 1.82) is 0 Å². The van der Waals surface area contributed by atoms with E-state index in [2.05, 4.69) is 25.8 Å². The third kappa shape index (κ3) is 7.92. The van der Waals surface area contributed by atoms with Gasteiger partial charge in [-0.25, -0.2) is 19.6 Å². The van der Waals surface area contributed by atoms with Crippen LogP contribution in [0, 0.1) is 0 Å². The molecule has 4 heterocycles. The van der Waals surface area contributed by atoms with E-state index in [-0.39, 0.29) is 51.2 Å². The number of aliphatic carboxylic acids is 2. The highest BCUT2D eigenvalue weighted by atomic mass is 35.5. The number of aliphatic imine (C=N–C) groups is 1. The molecule has 2 saturated heterocycles. The first kappa shape index (κ1) is 37.5. The van der Waals surface area contributed by atoms with Gasteiger partial charge in [-0.05, 0) is 26.0 Å². The van der Waals surface area contributed by atoms with E-state index < -0.39 is 52.2 Å². The van der Waals surface area contributed by atoms with Crippen molar-refractivity contribution in [2.45, 2.75) is 43.7 Å². The standard InChI is InChI=1S/C30H36ClN9O9S2/c1-30(2,27(47)48)49-38-19(16-13-51-29(33)36-16)23(43)37-20-24(44)39-21(26(45)46)14(12-50-25(20)39)11-40(8-3-4-9-40)10-7-34-28(32)35-15-5-6-17(41)22(42)18(15)31/h5-6,13,20,25H,3-4,7-12H2,1-2H3,(H9-,32,33,34,35,36,37,38,41,42,43,45,46,47,48)/p+1/t20-,25-/m1/s1. The molecule has 2 fully saturated rings. The maximum atomic E-state index is 13.5. The first-order chi connectivity index (χ1) is 24.0. The second-order valence-electron chi connectivity index (χ2n) is 12.6. The maximum absolute atomic E-state index is 13.5. The van der Waals surface area contributed by atoms with E-state index in [0.717, 1.165) is 37.3 Å². The van der Waals surface area contributed by atoms with Crippen molar-refractivity contribution in [3.63, 3.8) is 0 Å². The van der Waals surface area contributed by atoms with Crippen molar-refractivity contribution in [2.75, 3.05) is 49.5 Å². The van der Waals surface area contributed by atoms with E-state index in [1.54, 1.807) is 0 Å². The Morgan fingerprint density at radius 1 is 1.22 bits per heavy atom. The largest absolute Gasteiger partial charge is 0.504 e. The first-order valence-electron chi connectivity index (χ1n) is 15.6. The fourth-order valence-corrected chi connectivity index (χ4v) is 7.99. The Morgan fingerprint density at radius 3 is 2.55 bits per heavy atom. The molecule has 0 unspecified atom stereocenters. The van der Waals surface area contributed by atoms with Gasteiger partial charge in [0.05, 0.1) is 31.9 Å². The summed E-state index contributed by atoms with van der Waals surface area (Å²) in [5.41, 5.74) is 10.3. The zero-order chi connectivity index (χ0) is 37.2. The van der Waals surface area contributed by atoms with E-state index in [9.17, 15) is 39.6 Å². The molecule has 5 rings (SSSR count). The van der Waals surface area contributed by atoms with Gasteiger partial charge in [-0.2, -0.15) is 0 Å². The van der Waals surface area contributed by atoms with Crippen molar-refractivity contribution in [3.8, 4) is 11.5 Å². The Hall–Kier alpha value is -4.79. The molecule has 2 atom stereocenters. The van der Waals surface area contributed by atoms with Gasteiger partial charge in [0.2, 0.25) is 5.60 Å². The van der Waals surface area contributed by atoms with Gasteiger partial charge in [0.25, 0.3) is 11.8 Å². The quantitative estimate of drug-likeness (QED) is 0.0270. The number of likely N-dealkylation sites (tertiary alicyclic amines) is 1. The summed E-state index contributed by atoms with van der Waals surface area (Å²) in [6.45, 7) is 5.18. The number of thioether (sulfide) groups is 1. The van der Waals surface area contributed by atoms with E-state index in [1.165, 1.54) is 48.0 Å². The number of phenols is 2. The van der Waals surface area contributed by atoms with Gasteiger partial charge in [0.1, 0.15) is 34.4 Å². The lowest BCUT2D eigenvalue weighted by Crippen LogP contribution is -2.71. The van der Waals surface area contributed by atoms with Gasteiger partial charge in [-0.15, -0.1) is 23.1 Å². The molecule has 3 aliphatic heterocycles. The van der Waals surface area contributed by atoms with Crippen LogP contribution in [0.3, 0.4) is 0 Å². The van der Waals surface area contributed by atoms with Crippen molar-refractivity contribution >= 4 is 80.9 Å². The summed E-state index contributed by atoms with van der Waals surface area (Å²) in [6, 6.07) is 1.60. The number of hydrogen-bond acceptors (Lipinski definition) is 13. The predicted molar refractivity (Wildman–Crippen MR) is 189 cm³/mol. The van der Waals surface area contributed by atoms with Crippen LogP contribution in [0.1, 0.15) is 32.4 Å². The van der Waals surface area contributed by atoms with Gasteiger partial charge in [-0.3, -0.25) is 14.5 Å². The number of β-lactam (4-membered cyclic amide) rings is 1. The molecule has 3 aliphatic rings. The summed E-state index contributed by atoms with van der Waals surface area (Å²) in [7, 11) is 0. The van der Waals surface area contributed by atoms with Gasteiger partial charge < -0.3 is 51.8 Å². The Morgan fingerprint density at radius 2 is 1.92 bits per heavy atom. The number of rotatable bonds is 13. The Bertz CT molecular complexity index is 1840.